The zero-order valence-corrected chi connectivity index (χ0v) is 21.5. The molecule has 2 aromatic carbocycles. The van der Waals surface area contributed by atoms with Crippen LogP contribution in [0.25, 0.3) is 0 Å². The van der Waals surface area contributed by atoms with Gasteiger partial charge in [0.1, 0.15) is 0 Å². The molecule has 2 atom stereocenters. The van der Waals surface area contributed by atoms with Gasteiger partial charge < -0.3 is 9.47 Å². The van der Waals surface area contributed by atoms with E-state index in [0.29, 0.717) is 12.2 Å². The molecule has 2 saturated heterocycles. The first-order valence-electron chi connectivity index (χ1n) is 8.95. The van der Waals surface area contributed by atoms with E-state index in [1.165, 1.54) is 22.3 Å². The Morgan fingerprint density at radius 2 is 1.04 bits per heavy atom. The van der Waals surface area contributed by atoms with E-state index < -0.39 is 0 Å². The Morgan fingerprint density at radius 1 is 0.741 bits per heavy atom. The highest BCUT2D eigenvalue weighted by Gasteiger charge is 2.30. The van der Waals surface area contributed by atoms with Crippen LogP contribution >= 0.6 is 63.7 Å². The monoisotopic (exact) mass is 620 g/mol. The number of halogens is 4. The molecular formula is C21H20Br4O2. The van der Waals surface area contributed by atoms with Gasteiger partial charge in [0, 0.05) is 36.1 Å². The lowest BCUT2D eigenvalue weighted by molar-refractivity contribution is 0.407. The van der Waals surface area contributed by atoms with Crippen molar-refractivity contribution in [1.82, 2.24) is 0 Å². The molecule has 0 bridgehead atoms. The van der Waals surface area contributed by atoms with Gasteiger partial charge in [0.15, 0.2) is 0 Å². The van der Waals surface area contributed by atoms with Crippen molar-refractivity contribution in [3.63, 3.8) is 0 Å². The molecule has 2 aliphatic heterocycles. The van der Waals surface area contributed by atoms with Crippen molar-refractivity contribution in [2.24, 2.45) is 0 Å². The zero-order valence-electron chi connectivity index (χ0n) is 15.1. The molecule has 2 aromatic rings. The highest BCUT2D eigenvalue weighted by atomic mass is 79.9. The molecule has 2 nitrogen and oxygen atoms in total. The first-order chi connectivity index (χ1) is 12.8. The quantitative estimate of drug-likeness (QED) is 0.326. The van der Waals surface area contributed by atoms with E-state index in [9.17, 15) is 0 Å². The summed E-state index contributed by atoms with van der Waals surface area (Å²) in [5, 5.41) is 0. The molecular weight excluding hydrogens is 604 g/mol. The lowest BCUT2D eigenvalue weighted by Gasteiger charge is -2.28. The van der Waals surface area contributed by atoms with Gasteiger partial charge in [-0.15, -0.1) is 0 Å². The summed E-state index contributed by atoms with van der Waals surface area (Å²) in [6.45, 7) is 6.27. The van der Waals surface area contributed by atoms with Gasteiger partial charge in [-0.05, 0) is 46.5 Å². The summed E-state index contributed by atoms with van der Waals surface area (Å²) in [4.78, 5) is 0. The molecule has 0 aromatic heterocycles. The minimum atomic E-state index is -0.140. The second-order valence-electron chi connectivity index (χ2n) is 7.78. The fourth-order valence-corrected chi connectivity index (χ4v) is 6.33. The molecule has 0 amide bonds. The number of benzene rings is 2. The van der Waals surface area contributed by atoms with Gasteiger partial charge in [-0.2, -0.15) is 0 Å². The van der Waals surface area contributed by atoms with Crippen molar-refractivity contribution < 1.29 is 9.47 Å². The van der Waals surface area contributed by atoms with Crippen molar-refractivity contribution in [3.8, 4) is 0 Å². The third kappa shape index (κ3) is 4.56. The summed E-state index contributed by atoms with van der Waals surface area (Å²) >= 11 is 15.1. The van der Waals surface area contributed by atoms with Gasteiger partial charge in [0.2, 0.25) is 0 Å². The fourth-order valence-electron chi connectivity index (χ4n) is 3.31. The first-order valence-corrected chi connectivity index (χ1v) is 12.1. The minimum absolute atomic E-state index is 0.140. The largest absolute Gasteiger partial charge is 0.373 e. The predicted molar refractivity (Wildman–Crippen MR) is 123 cm³/mol. The maximum Gasteiger partial charge on any atom is 0.0850 e. The normalized spacial score (nSPS) is 21.4. The maximum atomic E-state index is 5.40. The molecule has 27 heavy (non-hydrogen) atoms. The Hall–Kier alpha value is 0.280. The van der Waals surface area contributed by atoms with Crippen molar-refractivity contribution in [2.75, 3.05) is 13.2 Å². The Bertz CT molecular complexity index is 768. The summed E-state index contributed by atoms with van der Waals surface area (Å²) in [6.07, 6.45) is 2.62. The van der Waals surface area contributed by atoms with E-state index >= 15 is 0 Å². The average molecular weight is 624 g/mol. The van der Waals surface area contributed by atoms with Gasteiger partial charge in [-0.1, -0.05) is 77.6 Å². The van der Waals surface area contributed by atoms with Crippen LogP contribution in [0.3, 0.4) is 0 Å². The first kappa shape index (κ1) is 20.5. The van der Waals surface area contributed by atoms with Gasteiger partial charge in [-0.25, -0.2) is 0 Å². The summed E-state index contributed by atoms with van der Waals surface area (Å²) in [5.41, 5.74) is 4.94. The van der Waals surface area contributed by atoms with Crippen LogP contribution in [0.2, 0.25) is 0 Å². The molecule has 2 aliphatic rings. The van der Waals surface area contributed by atoms with Gasteiger partial charge in [0.05, 0.1) is 25.4 Å². The SMILES string of the molecule is CC(C)(c1cc(Br)c(CC2CO2)c(Br)c1)c1cc(Br)c(CC2CO2)c(Br)c1. The van der Waals surface area contributed by atoms with E-state index in [1.807, 2.05) is 0 Å². The third-order valence-electron chi connectivity index (χ3n) is 5.39. The fraction of sp³-hybridized carbons (Fsp3) is 0.429. The number of epoxide rings is 2. The van der Waals surface area contributed by atoms with Gasteiger partial charge in [-0.3, -0.25) is 0 Å². The van der Waals surface area contributed by atoms with Crippen LogP contribution in [0, 0.1) is 0 Å². The molecule has 2 fully saturated rings. The third-order valence-corrected chi connectivity index (χ3v) is 8.22. The summed E-state index contributed by atoms with van der Waals surface area (Å²) in [6, 6.07) is 8.99. The standard InChI is InChI=1S/C21H20Br4O2/c1-21(2,11-3-17(22)15(18(23)4-11)7-13-9-26-13)12-5-19(24)16(20(25)6-12)8-14-10-27-14/h3-6,13-14H,7-10H2,1-2H3. The van der Waals surface area contributed by atoms with Crippen LogP contribution in [-0.4, -0.2) is 25.4 Å². The Kier molecular flexibility index (Phi) is 5.97. The highest BCUT2D eigenvalue weighted by Crippen LogP contribution is 2.41. The van der Waals surface area contributed by atoms with Crippen molar-refractivity contribution in [1.29, 1.82) is 0 Å². The average Bonchev–Trinajstić information content (AvgIpc) is 3.49. The van der Waals surface area contributed by atoms with Crippen LogP contribution in [0.15, 0.2) is 42.2 Å². The molecule has 6 heteroatoms. The Morgan fingerprint density at radius 3 is 1.30 bits per heavy atom. The number of hydrogen-bond donors (Lipinski definition) is 0. The summed E-state index contributed by atoms with van der Waals surface area (Å²) in [5.74, 6) is 0. The zero-order chi connectivity index (χ0) is 19.3. The van der Waals surface area contributed by atoms with Crippen LogP contribution in [0.1, 0.15) is 36.1 Å². The summed E-state index contributed by atoms with van der Waals surface area (Å²) < 4.78 is 15.3. The lowest BCUT2D eigenvalue weighted by atomic mass is 9.77. The molecule has 0 spiro atoms. The highest BCUT2D eigenvalue weighted by molar-refractivity contribution is 9.11. The molecule has 2 unspecified atom stereocenters. The number of hydrogen-bond acceptors (Lipinski definition) is 2. The van der Waals surface area contributed by atoms with Crippen LogP contribution in [0.4, 0.5) is 0 Å². The van der Waals surface area contributed by atoms with E-state index in [-0.39, 0.29) is 5.41 Å². The smallest absolute Gasteiger partial charge is 0.0850 e. The second-order valence-corrected chi connectivity index (χ2v) is 11.2. The topological polar surface area (TPSA) is 25.1 Å². The Balaban J connectivity index is 1.68. The van der Waals surface area contributed by atoms with E-state index in [0.717, 1.165) is 43.9 Å². The molecule has 0 N–H and O–H groups in total. The summed E-state index contributed by atoms with van der Waals surface area (Å²) in [7, 11) is 0. The molecule has 0 radical (unpaired) electrons. The van der Waals surface area contributed by atoms with E-state index in [1.54, 1.807) is 0 Å². The second kappa shape index (κ2) is 7.84. The van der Waals surface area contributed by atoms with Crippen LogP contribution in [0.5, 0.6) is 0 Å². The van der Waals surface area contributed by atoms with E-state index in [2.05, 4.69) is 102 Å². The molecule has 144 valence electrons. The molecule has 2 heterocycles. The van der Waals surface area contributed by atoms with Crippen LogP contribution < -0.4 is 0 Å². The van der Waals surface area contributed by atoms with Crippen molar-refractivity contribution >= 4 is 63.7 Å². The van der Waals surface area contributed by atoms with Crippen molar-refractivity contribution in [3.05, 3.63) is 64.4 Å². The van der Waals surface area contributed by atoms with Crippen molar-refractivity contribution in [2.45, 2.75) is 44.3 Å². The van der Waals surface area contributed by atoms with E-state index in [4.69, 9.17) is 9.47 Å². The lowest BCUT2D eigenvalue weighted by Crippen LogP contribution is -2.20. The van der Waals surface area contributed by atoms with Crippen LogP contribution in [-0.2, 0) is 27.7 Å². The number of ether oxygens (including phenoxy) is 2. The van der Waals surface area contributed by atoms with Gasteiger partial charge >= 0.3 is 0 Å². The van der Waals surface area contributed by atoms with Gasteiger partial charge in [0.25, 0.3) is 0 Å². The molecule has 0 saturated carbocycles. The Labute approximate surface area is 193 Å². The minimum Gasteiger partial charge on any atom is -0.373 e. The number of rotatable bonds is 6. The maximum absolute atomic E-state index is 5.40. The molecule has 4 rings (SSSR count). The molecule has 0 aliphatic carbocycles. The predicted octanol–water partition coefficient (Wildman–Crippen LogP) is 6.95.